The Balaban J connectivity index is 1.29. The summed E-state index contributed by atoms with van der Waals surface area (Å²) in [6.07, 6.45) is 2.73. The summed E-state index contributed by atoms with van der Waals surface area (Å²) in [7, 11) is 1.67. The molecule has 7 heteroatoms. The molecule has 0 N–H and O–H groups in total. The molecular weight excluding hydrogens is 346 g/mol. The van der Waals surface area contributed by atoms with Gasteiger partial charge in [0, 0.05) is 37.7 Å². The molecule has 0 saturated carbocycles. The number of rotatable bonds is 5. The van der Waals surface area contributed by atoms with Crippen LogP contribution in [0.25, 0.3) is 0 Å². The van der Waals surface area contributed by atoms with Crippen LogP contribution in [-0.4, -0.2) is 53.5 Å². The fraction of sp³-hybridized carbons (Fsp3) is 0.500. The van der Waals surface area contributed by atoms with Crippen molar-refractivity contribution < 1.29 is 19.0 Å². The Bertz CT molecular complexity index is 773. The molecular formula is C20H25N3O4. The molecule has 1 aromatic carbocycles. The van der Waals surface area contributed by atoms with Crippen molar-refractivity contribution in [2.75, 3.05) is 26.8 Å². The number of carbonyl (C=O) groups excluding carboxylic acids is 1. The van der Waals surface area contributed by atoms with E-state index >= 15 is 0 Å². The monoisotopic (exact) mass is 371 g/mol. The fourth-order valence-electron chi connectivity index (χ4n) is 3.59. The van der Waals surface area contributed by atoms with Crippen LogP contribution < -0.4 is 9.47 Å². The molecule has 0 aliphatic carbocycles. The van der Waals surface area contributed by atoms with Crippen LogP contribution in [0, 0.1) is 0 Å². The fourth-order valence-corrected chi connectivity index (χ4v) is 3.59. The maximum absolute atomic E-state index is 12.7. The second kappa shape index (κ2) is 8.00. The van der Waals surface area contributed by atoms with Crippen LogP contribution in [0.2, 0.25) is 0 Å². The maximum Gasteiger partial charge on any atom is 0.274 e. The summed E-state index contributed by atoms with van der Waals surface area (Å²) in [5.74, 6) is 1.51. The molecule has 144 valence electrons. The second-order valence-electron chi connectivity index (χ2n) is 6.91. The van der Waals surface area contributed by atoms with Crippen molar-refractivity contribution in [1.29, 1.82) is 0 Å². The Morgan fingerprint density at radius 2 is 2.07 bits per heavy atom. The standard InChI is InChI=1S/C20H25N3O4/c1-25-18-6-3-2-5-15(18)14-27-16-7-10-22(11-8-16)20(24)17-13-19-23(21-17)9-4-12-26-19/h2-3,5-6,13,16H,4,7-12,14H2,1H3. The molecule has 1 fully saturated rings. The third kappa shape index (κ3) is 3.93. The number of methoxy groups -OCH3 is 1. The lowest BCUT2D eigenvalue weighted by Gasteiger charge is -2.31. The Kier molecular flexibility index (Phi) is 5.29. The van der Waals surface area contributed by atoms with Crippen molar-refractivity contribution in [2.45, 2.75) is 38.5 Å². The summed E-state index contributed by atoms with van der Waals surface area (Å²) in [5.41, 5.74) is 1.52. The summed E-state index contributed by atoms with van der Waals surface area (Å²) in [5, 5.41) is 4.40. The van der Waals surface area contributed by atoms with Gasteiger partial charge in [-0.1, -0.05) is 18.2 Å². The number of aromatic nitrogens is 2. The zero-order valence-electron chi connectivity index (χ0n) is 15.6. The topological polar surface area (TPSA) is 65.8 Å². The van der Waals surface area contributed by atoms with Gasteiger partial charge >= 0.3 is 0 Å². The molecule has 0 bridgehead atoms. The first-order valence-corrected chi connectivity index (χ1v) is 9.48. The van der Waals surface area contributed by atoms with Crippen molar-refractivity contribution in [3.05, 3.63) is 41.6 Å². The quantitative estimate of drug-likeness (QED) is 0.808. The molecule has 1 amide bonds. The van der Waals surface area contributed by atoms with Crippen LogP contribution in [0.3, 0.4) is 0 Å². The highest BCUT2D eigenvalue weighted by Gasteiger charge is 2.27. The molecule has 2 aromatic rings. The van der Waals surface area contributed by atoms with Crippen LogP contribution in [0.4, 0.5) is 0 Å². The third-order valence-corrected chi connectivity index (χ3v) is 5.12. The van der Waals surface area contributed by atoms with E-state index in [2.05, 4.69) is 5.10 Å². The lowest BCUT2D eigenvalue weighted by atomic mass is 10.1. The number of hydrogen-bond acceptors (Lipinski definition) is 5. The number of fused-ring (bicyclic) bond motifs is 1. The minimum atomic E-state index is -0.0244. The summed E-state index contributed by atoms with van der Waals surface area (Å²) >= 11 is 0. The smallest absolute Gasteiger partial charge is 0.274 e. The highest BCUT2D eigenvalue weighted by atomic mass is 16.5. The van der Waals surface area contributed by atoms with Gasteiger partial charge in [-0.3, -0.25) is 4.79 Å². The van der Waals surface area contributed by atoms with E-state index in [1.807, 2.05) is 29.2 Å². The van der Waals surface area contributed by atoms with Crippen molar-refractivity contribution in [1.82, 2.24) is 14.7 Å². The summed E-state index contributed by atoms with van der Waals surface area (Å²) in [6.45, 7) is 3.38. The summed E-state index contributed by atoms with van der Waals surface area (Å²) in [6, 6.07) is 9.64. The third-order valence-electron chi connectivity index (χ3n) is 5.12. The van der Waals surface area contributed by atoms with Gasteiger partial charge in [0.05, 0.1) is 26.4 Å². The number of hydrogen-bond donors (Lipinski definition) is 0. The van der Waals surface area contributed by atoms with Gasteiger partial charge in [-0.2, -0.15) is 5.10 Å². The molecule has 3 heterocycles. The maximum atomic E-state index is 12.7. The van der Waals surface area contributed by atoms with Crippen LogP contribution in [-0.2, 0) is 17.9 Å². The van der Waals surface area contributed by atoms with E-state index in [4.69, 9.17) is 14.2 Å². The van der Waals surface area contributed by atoms with E-state index in [0.29, 0.717) is 37.9 Å². The van der Waals surface area contributed by atoms with Crippen LogP contribution in [0.15, 0.2) is 30.3 Å². The molecule has 0 unspecified atom stereocenters. The number of para-hydroxylation sites is 1. The lowest BCUT2D eigenvalue weighted by Crippen LogP contribution is -2.41. The first-order chi connectivity index (χ1) is 13.2. The predicted octanol–water partition coefficient (Wildman–Crippen LogP) is 2.50. The molecule has 27 heavy (non-hydrogen) atoms. The Hall–Kier alpha value is -2.54. The van der Waals surface area contributed by atoms with E-state index in [1.54, 1.807) is 17.9 Å². The van der Waals surface area contributed by atoms with E-state index in [9.17, 15) is 4.79 Å². The first-order valence-electron chi connectivity index (χ1n) is 9.48. The van der Waals surface area contributed by atoms with Gasteiger partial charge in [0.1, 0.15) is 5.75 Å². The van der Waals surface area contributed by atoms with E-state index in [-0.39, 0.29) is 12.0 Å². The first kappa shape index (κ1) is 17.9. The molecule has 0 spiro atoms. The van der Waals surface area contributed by atoms with Gasteiger partial charge in [-0.25, -0.2) is 4.68 Å². The Morgan fingerprint density at radius 1 is 1.26 bits per heavy atom. The van der Waals surface area contributed by atoms with Gasteiger partial charge in [0.15, 0.2) is 5.69 Å². The zero-order valence-corrected chi connectivity index (χ0v) is 15.6. The van der Waals surface area contributed by atoms with Crippen molar-refractivity contribution in [2.24, 2.45) is 0 Å². The average molecular weight is 371 g/mol. The predicted molar refractivity (Wildman–Crippen MR) is 99.0 cm³/mol. The lowest BCUT2D eigenvalue weighted by molar-refractivity contribution is -0.00111. The Morgan fingerprint density at radius 3 is 2.85 bits per heavy atom. The molecule has 0 radical (unpaired) electrons. The van der Waals surface area contributed by atoms with E-state index < -0.39 is 0 Å². The zero-order chi connectivity index (χ0) is 18.6. The summed E-state index contributed by atoms with van der Waals surface area (Å²) < 4.78 is 18.7. The van der Waals surface area contributed by atoms with Crippen molar-refractivity contribution in [3.63, 3.8) is 0 Å². The number of carbonyl (C=O) groups is 1. The van der Waals surface area contributed by atoms with Crippen LogP contribution in [0.1, 0.15) is 35.3 Å². The van der Waals surface area contributed by atoms with E-state index in [0.717, 1.165) is 37.1 Å². The highest BCUT2D eigenvalue weighted by Crippen LogP contribution is 2.23. The summed E-state index contributed by atoms with van der Waals surface area (Å²) in [4.78, 5) is 14.6. The molecule has 2 aliphatic heterocycles. The second-order valence-corrected chi connectivity index (χ2v) is 6.91. The SMILES string of the molecule is COc1ccccc1COC1CCN(C(=O)c2cc3n(n2)CCCO3)CC1. The van der Waals surface area contributed by atoms with Gasteiger partial charge in [-0.15, -0.1) is 0 Å². The molecule has 1 saturated heterocycles. The molecule has 1 aromatic heterocycles. The van der Waals surface area contributed by atoms with Crippen molar-refractivity contribution >= 4 is 5.91 Å². The number of piperidine rings is 1. The number of likely N-dealkylation sites (tertiary alicyclic amines) is 1. The number of amides is 1. The highest BCUT2D eigenvalue weighted by molar-refractivity contribution is 5.92. The molecule has 4 rings (SSSR count). The number of nitrogens with zero attached hydrogens (tertiary/aromatic N) is 3. The normalized spacial score (nSPS) is 17.3. The molecule has 7 nitrogen and oxygen atoms in total. The van der Waals surface area contributed by atoms with Crippen molar-refractivity contribution in [3.8, 4) is 11.6 Å². The van der Waals surface area contributed by atoms with Gasteiger partial charge in [0.25, 0.3) is 5.91 Å². The van der Waals surface area contributed by atoms with Gasteiger partial charge < -0.3 is 19.1 Å². The largest absolute Gasteiger partial charge is 0.496 e. The number of benzene rings is 1. The minimum absolute atomic E-state index is 0.0244. The van der Waals surface area contributed by atoms with E-state index in [1.165, 1.54) is 0 Å². The molecule has 0 atom stereocenters. The Labute approximate surface area is 158 Å². The minimum Gasteiger partial charge on any atom is -0.496 e. The average Bonchev–Trinajstić information content (AvgIpc) is 3.16. The van der Waals surface area contributed by atoms with Gasteiger partial charge in [0.2, 0.25) is 5.88 Å². The molecule has 2 aliphatic rings. The van der Waals surface area contributed by atoms with Crippen LogP contribution >= 0.6 is 0 Å². The van der Waals surface area contributed by atoms with Gasteiger partial charge in [-0.05, 0) is 18.9 Å². The number of ether oxygens (including phenoxy) is 3. The number of aryl methyl sites for hydroxylation is 1. The van der Waals surface area contributed by atoms with Crippen LogP contribution in [0.5, 0.6) is 11.6 Å².